The second-order valence-corrected chi connectivity index (χ2v) is 3.45. The minimum atomic E-state index is 0.232. The van der Waals surface area contributed by atoms with Crippen LogP contribution in [0.1, 0.15) is 18.7 Å². The van der Waals surface area contributed by atoms with Crippen LogP contribution < -0.4 is 5.32 Å². The zero-order valence-corrected chi connectivity index (χ0v) is 8.90. The second-order valence-electron chi connectivity index (χ2n) is 3.45. The van der Waals surface area contributed by atoms with Crippen LogP contribution in [0.15, 0.2) is 41.1 Å². The van der Waals surface area contributed by atoms with Crippen molar-refractivity contribution in [3.05, 3.63) is 42.4 Å². The summed E-state index contributed by atoms with van der Waals surface area (Å²) in [5.74, 6) is 1.80. The van der Waals surface area contributed by atoms with Crippen molar-refractivity contribution in [2.24, 2.45) is 0 Å². The lowest BCUT2D eigenvalue weighted by molar-refractivity contribution is 0.458. The number of pyridine rings is 1. The first-order chi connectivity index (χ1) is 7.31. The molecule has 78 valence electrons. The summed E-state index contributed by atoms with van der Waals surface area (Å²) in [7, 11) is 1.91. The number of hydrogen-bond acceptors (Lipinski definition) is 3. The first-order valence-corrected chi connectivity index (χ1v) is 4.98. The molecule has 0 aliphatic rings. The van der Waals surface area contributed by atoms with Crippen molar-refractivity contribution in [1.29, 1.82) is 0 Å². The van der Waals surface area contributed by atoms with E-state index in [1.807, 2.05) is 31.3 Å². The van der Waals surface area contributed by atoms with Crippen LogP contribution in [0.25, 0.3) is 11.3 Å². The van der Waals surface area contributed by atoms with Crippen molar-refractivity contribution in [2.75, 3.05) is 7.05 Å². The van der Waals surface area contributed by atoms with Gasteiger partial charge in [-0.3, -0.25) is 4.98 Å². The molecule has 0 aliphatic carbocycles. The summed E-state index contributed by atoms with van der Waals surface area (Å²) in [6, 6.07) is 8.08. The summed E-state index contributed by atoms with van der Waals surface area (Å²) in [6.45, 7) is 2.06. The van der Waals surface area contributed by atoms with Gasteiger partial charge >= 0.3 is 0 Å². The van der Waals surface area contributed by atoms with E-state index < -0.39 is 0 Å². The highest BCUT2D eigenvalue weighted by Gasteiger charge is 2.09. The Morgan fingerprint density at radius 3 is 2.87 bits per heavy atom. The molecule has 0 amide bonds. The van der Waals surface area contributed by atoms with Crippen molar-refractivity contribution in [3.8, 4) is 11.3 Å². The molecule has 1 N–H and O–H groups in total. The van der Waals surface area contributed by atoms with E-state index in [2.05, 4.69) is 17.2 Å². The van der Waals surface area contributed by atoms with E-state index in [1.54, 1.807) is 12.4 Å². The Bertz CT molecular complexity index is 422. The van der Waals surface area contributed by atoms with Crippen molar-refractivity contribution < 1.29 is 4.42 Å². The molecule has 2 aromatic heterocycles. The summed E-state index contributed by atoms with van der Waals surface area (Å²) in [4.78, 5) is 4.06. The van der Waals surface area contributed by atoms with Crippen molar-refractivity contribution in [2.45, 2.75) is 13.0 Å². The molecule has 0 bridgehead atoms. The van der Waals surface area contributed by atoms with E-state index in [4.69, 9.17) is 4.42 Å². The van der Waals surface area contributed by atoms with Crippen LogP contribution in [-0.4, -0.2) is 12.0 Å². The lowest BCUT2D eigenvalue weighted by Gasteiger charge is -2.05. The van der Waals surface area contributed by atoms with Crippen LogP contribution in [0.3, 0.4) is 0 Å². The number of rotatable bonds is 3. The molecule has 0 fully saturated rings. The number of furan rings is 1. The highest BCUT2D eigenvalue weighted by atomic mass is 16.3. The minimum absolute atomic E-state index is 0.232. The Morgan fingerprint density at radius 1 is 1.33 bits per heavy atom. The van der Waals surface area contributed by atoms with E-state index in [0.29, 0.717) is 0 Å². The maximum absolute atomic E-state index is 5.72. The van der Waals surface area contributed by atoms with Crippen LogP contribution in [0.4, 0.5) is 0 Å². The molecule has 2 heterocycles. The van der Waals surface area contributed by atoms with Gasteiger partial charge in [0.1, 0.15) is 11.5 Å². The van der Waals surface area contributed by atoms with Gasteiger partial charge in [0.15, 0.2) is 0 Å². The maximum atomic E-state index is 5.72. The molecule has 0 radical (unpaired) electrons. The van der Waals surface area contributed by atoms with Crippen LogP contribution in [0.2, 0.25) is 0 Å². The Morgan fingerprint density at radius 2 is 2.20 bits per heavy atom. The van der Waals surface area contributed by atoms with E-state index in [0.717, 1.165) is 17.1 Å². The first kappa shape index (κ1) is 9.93. The fourth-order valence-electron chi connectivity index (χ4n) is 1.39. The van der Waals surface area contributed by atoms with Gasteiger partial charge in [-0.1, -0.05) is 0 Å². The summed E-state index contributed by atoms with van der Waals surface area (Å²) < 4.78 is 5.72. The first-order valence-electron chi connectivity index (χ1n) is 4.98. The van der Waals surface area contributed by atoms with Gasteiger partial charge < -0.3 is 9.73 Å². The van der Waals surface area contributed by atoms with Crippen molar-refractivity contribution in [3.63, 3.8) is 0 Å². The summed E-state index contributed by atoms with van der Waals surface area (Å²) >= 11 is 0. The van der Waals surface area contributed by atoms with E-state index in [-0.39, 0.29) is 6.04 Å². The molecule has 0 saturated heterocycles. The maximum Gasteiger partial charge on any atom is 0.135 e. The molecular formula is C12H14N2O. The summed E-state index contributed by atoms with van der Waals surface area (Å²) in [6.07, 6.45) is 3.55. The van der Waals surface area contributed by atoms with E-state index in [1.165, 1.54) is 0 Å². The molecular weight excluding hydrogens is 188 g/mol. The largest absolute Gasteiger partial charge is 0.459 e. The van der Waals surface area contributed by atoms with Crippen molar-refractivity contribution in [1.82, 2.24) is 10.3 Å². The molecule has 2 aromatic rings. The monoisotopic (exact) mass is 202 g/mol. The van der Waals surface area contributed by atoms with Gasteiger partial charge in [-0.25, -0.2) is 0 Å². The SMILES string of the molecule is CNC(C)c1ccc(-c2cccnc2)o1. The van der Waals surface area contributed by atoms with Crippen LogP contribution in [0.5, 0.6) is 0 Å². The van der Waals surface area contributed by atoms with Gasteiger partial charge in [-0.2, -0.15) is 0 Å². The fourth-order valence-corrected chi connectivity index (χ4v) is 1.39. The molecule has 0 aromatic carbocycles. The van der Waals surface area contributed by atoms with Crippen LogP contribution >= 0.6 is 0 Å². The minimum Gasteiger partial charge on any atom is -0.459 e. The van der Waals surface area contributed by atoms with Crippen molar-refractivity contribution >= 4 is 0 Å². The van der Waals surface area contributed by atoms with Gasteiger partial charge in [0, 0.05) is 18.0 Å². The third-order valence-corrected chi connectivity index (χ3v) is 2.43. The van der Waals surface area contributed by atoms with Gasteiger partial charge in [0.05, 0.1) is 6.04 Å². The fraction of sp³-hybridized carbons (Fsp3) is 0.250. The Kier molecular flexibility index (Phi) is 2.83. The van der Waals surface area contributed by atoms with E-state index in [9.17, 15) is 0 Å². The normalized spacial score (nSPS) is 12.7. The highest BCUT2D eigenvalue weighted by molar-refractivity contribution is 5.55. The predicted molar refractivity (Wildman–Crippen MR) is 59.4 cm³/mol. The average molecular weight is 202 g/mol. The van der Waals surface area contributed by atoms with Gasteiger partial charge in [-0.15, -0.1) is 0 Å². The lowest BCUT2D eigenvalue weighted by Crippen LogP contribution is -2.10. The number of nitrogens with zero attached hydrogens (tertiary/aromatic N) is 1. The lowest BCUT2D eigenvalue weighted by atomic mass is 10.2. The third-order valence-electron chi connectivity index (χ3n) is 2.43. The number of hydrogen-bond donors (Lipinski definition) is 1. The topological polar surface area (TPSA) is 38.1 Å². The molecule has 1 unspecified atom stereocenters. The zero-order valence-electron chi connectivity index (χ0n) is 8.90. The van der Waals surface area contributed by atoms with Crippen LogP contribution in [-0.2, 0) is 0 Å². The smallest absolute Gasteiger partial charge is 0.135 e. The van der Waals surface area contributed by atoms with E-state index >= 15 is 0 Å². The second kappa shape index (κ2) is 4.28. The summed E-state index contributed by atoms with van der Waals surface area (Å²) in [5.41, 5.74) is 1.01. The molecule has 15 heavy (non-hydrogen) atoms. The number of aromatic nitrogens is 1. The Labute approximate surface area is 89.1 Å². The quantitative estimate of drug-likeness (QED) is 0.831. The highest BCUT2D eigenvalue weighted by Crippen LogP contribution is 2.24. The Balaban J connectivity index is 2.28. The molecule has 0 saturated carbocycles. The predicted octanol–water partition coefficient (Wildman–Crippen LogP) is 2.62. The van der Waals surface area contributed by atoms with Crippen LogP contribution in [0, 0.1) is 0 Å². The number of nitrogens with one attached hydrogen (secondary N) is 1. The molecule has 0 aliphatic heterocycles. The summed E-state index contributed by atoms with van der Waals surface area (Å²) in [5, 5.41) is 3.14. The average Bonchev–Trinajstić information content (AvgIpc) is 2.78. The van der Waals surface area contributed by atoms with Gasteiger partial charge in [-0.05, 0) is 38.2 Å². The standard InChI is InChI=1S/C12H14N2O/c1-9(13-2)11-5-6-12(15-11)10-4-3-7-14-8-10/h3-9,13H,1-2H3. The molecule has 2 rings (SSSR count). The van der Waals surface area contributed by atoms with Gasteiger partial charge in [0.2, 0.25) is 0 Å². The Hall–Kier alpha value is -1.61. The molecule has 0 spiro atoms. The third kappa shape index (κ3) is 2.07. The molecule has 3 nitrogen and oxygen atoms in total. The van der Waals surface area contributed by atoms with Gasteiger partial charge in [0.25, 0.3) is 0 Å². The zero-order chi connectivity index (χ0) is 10.7. The molecule has 1 atom stereocenters. The molecule has 3 heteroatoms.